The lowest BCUT2D eigenvalue weighted by molar-refractivity contribution is -0.167. The third kappa shape index (κ3) is 65.3. The van der Waals surface area contributed by atoms with Gasteiger partial charge in [0.15, 0.2) is 6.10 Å². The summed E-state index contributed by atoms with van der Waals surface area (Å²) in [5.74, 6) is -0.883. The summed E-state index contributed by atoms with van der Waals surface area (Å²) in [7, 11) is 0. The van der Waals surface area contributed by atoms with Crippen LogP contribution < -0.4 is 0 Å². The predicted molar refractivity (Wildman–Crippen MR) is 344 cm³/mol. The maximum absolute atomic E-state index is 12.9. The molecule has 6 nitrogen and oxygen atoms in total. The Hall–Kier alpha value is -3.41. The summed E-state index contributed by atoms with van der Waals surface area (Å²) in [4.78, 5) is 38.3. The molecule has 0 bridgehead atoms. The molecule has 0 N–H and O–H groups in total. The zero-order chi connectivity index (χ0) is 57.1. The van der Waals surface area contributed by atoms with E-state index in [9.17, 15) is 14.4 Å². The molecule has 0 radical (unpaired) electrons. The van der Waals surface area contributed by atoms with E-state index in [1.54, 1.807) is 0 Å². The molecular weight excluding hydrogens is 973 g/mol. The summed E-state index contributed by atoms with van der Waals surface area (Å²) in [6.45, 7) is 6.54. The van der Waals surface area contributed by atoms with Crippen LogP contribution in [-0.2, 0) is 28.6 Å². The van der Waals surface area contributed by atoms with Crippen LogP contribution in [0, 0.1) is 0 Å². The van der Waals surface area contributed by atoms with E-state index in [-0.39, 0.29) is 31.1 Å². The molecule has 0 aromatic carbocycles. The van der Waals surface area contributed by atoms with E-state index < -0.39 is 6.10 Å². The number of hydrogen-bond acceptors (Lipinski definition) is 6. The molecule has 0 amide bonds. The monoisotopic (exact) mass is 1100 g/mol. The minimum Gasteiger partial charge on any atom is -0.462 e. The smallest absolute Gasteiger partial charge is 0.306 e. The summed E-state index contributed by atoms with van der Waals surface area (Å²) in [6, 6.07) is 0. The van der Waals surface area contributed by atoms with E-state index in [2.05, 4.69) is 106 Å². The number of carbonyl (C=O) groups excluding carboxylic acids is 3. The number of allylic oxidation sites excluding steroid dienone is 14. The molecule has 0 aromatic heterocycles. The molecular formula is C73H128O6. The van der Waals surface area contributed by atoms with E-state index in [0.29, 0.717) is 19.3 Å². The summed E-state index contributed by atoms with van der Waals surface area (Å²) in [5.41, 5.74) is 0. The fourth-order valence-corrected chi connectivity index (χ4v) is 9.84. The van der Waals surface area contributed by atoms with Crippen molar-refractivity contribution in [1.29, 1.82) is 0 Å². The van der Waals surface area contributed by atoms with Crippen LogP contribution in [-0.4, -0.2) is 37.2 Å². The van der Waals surface area contributed by atoms with Gasteiger partial charge >= 0.3 is 17.9 Å². The van der Waals surface area contributed by atoms with Crippen molar-refractivity contribution < 1.29 is 28.6 Å². The van der Waals surface area contributed by atoms with Crippen LogP contribution in [0.3, 0.4) is 0 Å². The highest BCUT2D eigenvalue weighted by Crippen LogP contribution is 2.18. The molecule has 6 heteroatoms. The minimum atomic E-state index is -0.782. The summed E-state index contributed by atoms with van der Waals surface area (Å²) in [6.07, 6.45) is 89.0. The first-order chi connectivity index (χ1) is 39.0. The van der Waals surface area contributed by atoms with Crippen molar-refractivity contribution in [3.63, 3.8) is 0 Å². The standard InChI is InChI=1S/C73H128O6/c1-4-7-10-13-16-19-22-24-26-28-30-32-34-36-37-38-40-41-43-45-47-49-51-54-57-60-63-66-72(75)78-69-70(68-77-71(74)65-62-59-56-53-21-18-15-12-9-6-3)79-73(76)67-64-61-58-55-52-50-48-46-44-42-39-35-33-31-29-27-25-23-20-17-14-11-8-5-2/h7,10,16,19,24,26,30,32,36-37,40-41,45,47,70H,4-6,8-9,11-15,17-18,20-23,25,27-29,31,33-35,38-39,42-44,46,48-69H2,1-3H3/b10-7-,19-16-,26-24-,32-30-,37-36-,41-40-,47-45-. The van der Waals surface area contributed by atoms with Gasteiger partial charge in [-0.3, -0.25) is 14.4 Å². The predicted octanol–water partition coefficient (Wildman–Crippen LogP) is 23.4. The van der Waals surface area contributed by atoms with Crippen LogP contribution in [0.5, 0.6) is 0 Å². The lowest BCUT2D eigenvalue weighted by Gasteiger charge is -2.18. The second-order valence-corrected chi connectivity index (χ2v) is 22.7. The molecule has 0 aromatic rings. The van der Waals surface area contributed by atoms with Crippen molar-refractivity contribution in [2.24, 2.45) is 0 Å². The van der Waals surface area contributed by atoms with Crippen LogP contribution in [0.1, 0.15) is 342 Å². The van der Waals surface area contributed by atoms with Crippen molar-refractivity contribution in [1.82, 2.24) is 0 Å². The summed E-state index contributed by atoms with van der Waals surface area (Å²) in [5, 5.41) is 0. The average molecular weight is 1100 g/mol. The van der Waals surface area contributed by atoms with Crippen molar-refractivity contribution in [3.8, 4) is 0 Å². The Balaban J connectivity index is 4.25. The van der Waals surface area contributed by atoms with Crippen LogP contribution in [0.2, 0.25) is 0 Å². The third-order valence-electron chi connectivity index (χ3n) is 14.9. The van der Waals surface area contributed by atoms with Crippen LogP contribution in [0.15, 0.2) is 85.1 Å². The fourth-order valence-electron chi connectivity index (χ4n) is 9.84. The number of esters is 3. The molecule has 0 spiro atoms. The first-order valence-corrected chi connectivity index (χ1v) is 34.1. The molecule has 456 valence electrons. The zero-order valence-corrected chi connectivity index (χ0v) is 52.4. The van der Waals surface area contributed by atoms with Gasteiger partial charge in [-0.05, 0) is 77.0 Å². The highest BCUT2D eigenvalue weighted by Gasteiger charge is 2.19. The largest absolute Gasteiger partial charge is 0.462 e. The topological polar surface area (TPSA) is 78.9 Å². The molecule has 0 aliphatic rings. The number of hydrogen-bond donors (Lipinski definition) is 0. The summed E-state index contributed by atoms with van der Waals surface area (Å²) < 4.78 is 16.9. The van der Waals surface area contributed by atoms with Crippen molar-refractivity contribution in [2.75, 3.05) is 13.2 Å². The molecule has 0 heterocycles. The van der Waals surface area contributed by atoms with Gasteiger partial charge in [-0.1, -0.05) is 331 Å². The number of rotatable bonds is 62. The summed E-state index contributed by atoms with van der Waals surface area (Å²) >= 11 is 0. The maximum Gasteiger partial charge on any atom is 0.306 e. The number of unbranched alkanes of at least 4 members (excludes halogenated alkanes) is 37. The highest BCUT2D eigenvalue weighted by atomic mass is 16.6. The van der Waals surface area contributed by atoms with E-state index in [1.165, 1.54) is 180 Å². The minimum absolute atomic E-state index is 0.0785. The van der Waals surface area contributed by atoms with Gasteiger partial charge in [0.05, 0.1) is 0 Å². The first kappa shape index (κ1) is 75.6. The molecule has 0 saturated carbocycles. The van der Waals surface area contributed by atoms with Crippen molar-refractivity contribution >= 4 is 17.9 Å². The Kier molecular flexibility index (Phi) is 64.2. The molecule has 0 rings (SSSR count). The maximum atomic E-state index is 12.9. The van der Waals surface area contributed by atoms with E-state index in [4.69, 9.17) is 14.2 Å². The van der Waals surface area contributed by atoms with Crippen LogP contribution >= 0.6 is 0 Å². The van der Waals surface area contributed by atoms with Crippen LogP contribution in [0.25, 0.3) is 0 Å². The lowest BCUT2D eigenvalue weighted by Crippen LogP contribution is -2.30. The molecule has 0 saturated heterocycles. The second-order valence-electron chi connectivity index (χ2n) is 22.7. The number of ether oxygens (including phenoxy) is 3. The normalized spacial score (nSPS) is 12.6. The van der Waals surface area contributed by atoms with Crippen molar-refractivity contribution in [3.05, 3.63) is 85.1 Å². The zero-order valence-electron chi connectivity index (χ0n) is 52.4. The van der Waals surface area contributed by atoms with Crippen molar-refractivity contribution in [2.45, 2.75) is 348 Å². The Morgan fingerprint density at radius 3 is 0.772 bits per heavy atom. The molecule has 0 fully saturated rings. The average Bonchev–Trinajstić information content (AvgIpc) is 3.45. The van der Waals surface area contributed by atoms with E-state index in [0.717, 1.165) is 122 Å². The van der Waals surface area contributed by atoms with E-state index >= 15 is 0 Å². The SMILES string of the molecule is CC/C=C\C/C=C\C/C=C\C/C=C\C/C=C\C/C=C\C/C=C\CCCCCCCC(=O)OCC(COC(=O)CCCCCCCCCCCC)OC(=O)CCCCCCCCCCCCCCCCCCCCCCCCCC. The Bertz CT molecular complexity index is 1500. The first-order valence-electron chi connectivity index (χ1n) is 34.1. The van der Waals surface area contributed by atoms with Gasteiger partial charge < -0.3 is 14.2 Å². The number of carbonyl (C=O) groups is 3. The quantitative estimate of drug-likeness (QED) is 0.0261. The van der Waals surface area contributed by atoms with Gasteiger partial charge in [-0.15, -0.1) is 0 Å². The molecule has 0 aliphatic carbocycles. The Labute approximate surface area is 490 Å². The molecule has 1 unspecified atom stereocenters. The van der Waals surface area contributed by atoms with Gasteiger partial charge in [-0.25, -0.2) is 0 Å². The van der Waals surface area contributed by atoms with Gasteiger partial charge in [0.25, 0.3) is 0 Å². The molecule has 0 aliphatic heterocycles. The van der Waals surface area contributed by atoms with Crippen LogP contribution in [0.4, 0.5) is 0 Å². The third-order valence-corrected chi connectivity index (χ3v) is 14.9. The second kappa shape index (κ2) is 67.1. The fraction of sp³-hybridized carbons (Fsp3) is 0.767. The Morgan fingerprint density at radius 1 is 0.266 bits per heavy atom. The molecule has 1 atom stereocenters. The molecule has 79 heavy (non-hydrogen) atoms. The highest BCUT2D eigenvalue weighted by molar-refractivity contribution is 5.71. The Morgan fingerprint density at radius 2 is 0.494 bits per heavy atom. The van der Waals surface area contributed by atoms with E-state index in [1.807, 2.05) is 0 Å². The van der Waals surface area contributed by atoms with Gasteiger partial charge in [0, 0.05) is 19.3 Å². The van der Waals surface area contributed by atoms with Gasteiger partial charge in [0.1, 0.15) is 13.2 Å². The van der Waals surface area contributed by atoms with Gasteiger partial charge in [0.2, 0.25) is 0 Å². The van der Waals surface area contributed by atoms with Gasteiger partial charge in [-0.2, -0.15) is 0 Å². The lowest BCUT2D eigenvalue weighted by atomic mass is 10.0.